The van der Waals surface area contributed by atoms with Gasteiger partial charge in [-0.1, -0.05) is 36.4 Å². The first-order valence-electron chi connectivity index (χ1n) is 9.12. The Hall–Kier alpha value is -3.27. The van der Waals surface area contributed by atoms with Crippen LogP contribution >= 0.6 is 0 Å². The molecule has 27 heavy (non-hydrogen) atoms. The van der Waals surface area contributed by atoms with Gasteiger partial charge in [0.05, 0.1) is 18.7 Å². The molecule has 136 valence electrons. The van der Waals surface area contributed by atoms with E-state index < -0.39 is 5.91 Å². The molecular weight excluding hydrogens is 336 g/mol. The number of aromatic nitrogens is 1. The first-order chi connectivity index (χ1) is 13.1. The predicted octanol–water partition coefficient (Wildman–Crippen LogP) is 4.65. The van der Waals surface area contributed by atoms with Crippen molar-refractivity contribution in [2.45, 2.75) is 20.4 Å². The largest absolute Gasteiger partial charge is 0.494 e. The minimum Gasteiger partial charge on any atom is -0.494 e. The molecule has 0 saturated heterocycles. The molecule has 0 aliphatic carbocycles. The van der Waals surface area contributed by atoms with E-state index in [2.05, 4.69) is 35.8 Å². The number of hydrogen-bond acceptors (Lipinski definition) is 2. The lowest BCUT2D eigenvalue weighted by Gasteiger charge is -2.13. The van der Waals surface area contributed by atoms with Crippen molar-refractivity contribution in [1.82, 2.24) is 4.57 Å². The quantitative estimate of drug-likeness (QED) is 0.564. The summed E-state index contributed by atoms with van der Waals surface area (Å²) in [6.07, 6.45) is 0. The Balaban J connectivity index is 2.01. The van der Waals surface area contributed by atoms with E-state index in [1.54, 1.807) is 6.07 Å². The highest BCUT2D eigenvalue weighted by atomic mass is 16.5. The first kappa shape index (κ1) is 17.2. The molecule has 2 N–H and O–H groups in total. The number of ether oxygens (including phenoxy) is 1. The third kappa shape index (κ3) is 2.93. The number of hydrogen-bond donors (Lipinski definition) is 1. The summed E-state index contributed by atoms with van der Waals surface area (Å²) in [7, 11) is 0. The molecule has 0 aliphatic heterocycles. The minimum absolute atomic E-state index is 0.407. The van der Waals surface area contributed by atoms with Crippen molar-refractivity contribution in [1.29, 1.82) is 0 Å². The molecule has 0 spiro atoms. The molecule has 4 aromatic rings. The number of para-hydroxylation sites is 1. The van der Waals surface area contributed by atoms with E-state index >= 15 is 0 Å². The maximum Gasteiger partial charge on any atom is 0.249 e. The average Bonchev–Trinajstić information content (AvgIpc) is 2.96. The number of primary amides is 1. The van der Waals surface area contributed by atoms with E-state index in [0.717, 1.165) is 33.1 Å². The second-order valence-electron chi connectivity index (χ2n) is 6.71. The van der Waals surface area contributed by atoms with Gasteiger partial charge >= 0.3 is 0 Å². The Kier molecular flexibility index (Phi) is 4.32. The van der Waals surface area contributed by atoms with Crippen LogP contribution in [0, 0.1) is 6.92 Å². The van der Waals surface area contributed by atoms with E-state index in [-0.39, 0.29) is 0 Å². The molecule has 0 fully saturated rings. The maximum atomic E-state index is 12.0. The summed E-state index contributed by atoms with van der Waals surface area (Å²) in [5.41, 5.74) is 10.6. The fourth-order valence-electron chi connectivity index (χ4n) is 3.73. The van der Waals surface area contributed by atoms with Gasteiger partial charge in [-0.25, -0.2) is 0 Å². The highest BCUT2D eigenvalue weighted by Crippen LogP contribution is 2.33. The number of aryl methyl sites for hydroxylation is 1. The molecule has 4 nitrogen and oxygen atoms in total. The maximum absolute atomic E-state index is 12.0. The van der Waals surface area contributed by atoms with Crippen LogP contribution in [-0.2, 0) is 6.54 Å². The van der Waals surface area contributed by atoms with Gasteiger partial charge in [-0.15, -0.1) is 0 Å². The topological polar surface area (TPSA) is 57.2 Å². The lowest BCUT2D eigenvalue weighted by Crippen LogP contribution is -2.11. The molecule has 0 bridgehead atoms. The van der Waals surface area contributed by atoms with E-state index in [4.69, 9.17) is 10.5 Å². The van der Waals surface area contributed by atoms with Gasteiger partial charge in [-0.2, -0.15) is 0 Å². The number of nitrogens with two attached hydrogens (primary N) is 1. The number of benzene rings is 3. The second-order valence-corrected chi connectivity index (χ2v) is 6.71. The Morgan fingerprint density at radius 1 is 1.04 bits per heavy atom. The van der Waals surface area contributed by atoms with Crippen LogP contribution in [0.1, 0.15) is 28.4 Å². The molecule has 1 aromatic heterocycles. The molecular formula is C23H22N2O2. The molecule has 4 heteroatoms. The molecule has 0 saturated carbocycles. The number of carbonyl (C=O) groups is 1. The summed E-state index contributed by atoms with van der Waals surface area (Å²) in [5, 5.41) is 1.95. The molecule has 0 aliphatic rings. The fourth-order valence-corrected chi connectivity index (χ4v) is 3.73. The number of fused-ring (bicyclic) bond motifs is 3. The van der Waals surface area contributed by atoms with Crippen molar-refractivity contribution >= 4 is 27.7 Å². The summed E-state index contributed by atoms with van der Waals surface area (Å²) in [4.78, 5) is 12.0. The lowest BCUT2D eigenvalue weighted by molar-refractivity contribution is 0.100. The number of nitrogens with zero attached hydrogens (tertiary/aromatic N) is 1. The van der Waals surface area contributed by atoms with Crippen LogP contribution in [0.25, 0.3) is 21.8 Å². The van der Waals surface area contributed by atoms with Gasteiger partial charge in [0.2, 0.25) is 5.91 Å². The van der Waals surface area contributed by atoms with Crippen LogP contribution in [0.3, 0.4) is 0 Å². The SMILES string of the molecule is CCOc1ccccc1Cn1c2cc(C)ccc2c2c(C(N)=O)cccc21. The molecule has 1 heterocycles. The van der Waals surface area contributed by atoms with E-state index in [0.29, 0.717) is 18.7 Å². The van der Waals surface area contributed by atoms with Crippen LogP contribution in [0.4, 0.5) is 0 Å². The minimum atomic E-state index is -0.407. The van der Waals surface area contributed by atoms with Crippen LogP contribution in [0.15, 0.2) is 60.7 Å². The van der Waals surface area contributed by atoms with E-state index in [1.807, 2.05) is 37.3 Å². The summed E-state index contributed by atoms with van der Waals surface area (Å²) >= 11 is 0. The highest BCUT2D eigenvalue weighted by molar-refractivity contribution is 6.17. The monoisotopic (exact) mass is 358 g/mol. The van der Waals surface area contributed by atoms with Gasteiger partial charge in [0.25, 0.3) is 0 Å². The van der Waals surface area contributed by atoms with E-state index in [9.17, 15) is 4.79 Å². The number of amides is 1. The average molecular weight is 358 g/mol. The Bertz CT molecular complexity index is 1160. The van der Waals surface area contributed by atoms with E-state index in [1.165, 1.54) is 5.56 Å². The fraction of sp³-hybridized carbons (Fsp3) is 0.174. The zero-order valence-electron chi connectivity index (χ0n) is 15.5. The van der Waals surface area contributed by atoms with Crippen LogP contribution < -0.4 is 10.5 Å². The first-order valence-corrected chi connectivity index (χ1v) is 9.12. The van der Waals surface area contributed by atoms with Gasteiger partial charge < -0.3 is 15.0 Å². The molecule has 0 radical (unpaired) electrons. The Morgan fingerprint density at radius 2 is 1.85 bits per heavy atom. The third-order valence-corrected chi connectivity index (χ3v) is 4.91. The van der Waals surface area contributed by atoms with Gasteiger partial charge in [-0.3, -0.25) is 4.79 Å². The Labute approximate surface area is 158 Å². The Morgan fingerprint density at radius 3 is 2.63 bits per heavy atom. The van der Waals surface area contributed by atoms with Crippen LogP contribution in [0.5, 0.6) is 5.75 Å². The molecule has 4 rings (SSSR count). The standard InChI is InChI=1S/C23H22N2O2/c1-3-27-21-10-5-4-7-16(21)14-25-19-9-6-8-18(23(24)26)22(19)17-12-11-15(2)13-20(17)25/h4-13H,3,14H2,1-2H3,(H2,24,26). The lowest BCUT2D eigenvalue weighted by atomic mass is 10.1. The van der Waals surface area contributed by atoms with Crippen molar-refractivity contribution in [3.8, 4) is 5.75 Å². The van der Waals surface area contributed by atoms with Crippen molar-refractivity contribution in [2.24, 2.45) is 5.73 Å². The van der Waals surface area contributed by atoms with Crippen molar-refractivity contribution < 1.29 is 9.53 Å². The molecule has 1 amide bonds. The van der Waals surface area contributed by atoms with Crippen molar-refractivity contribution in [3.63, 3.8) is 0 Å². The molecule has 0 unspecified atom stereocenters. The van der Waals surface area contributed by atoms with Gasteiger partial charge in [0.1, 0.15) is 5.75 Å². The third-order valence-electron chi connectivity index (χ3n) is 4.91. The van der Waals surface area contributed by atoms with Crippen LogP contribution in [0.2, 0.25) is 0 Å². The smallest absolute Gasteiger partial charge is 0.249 e. The van der Waals surface area contributed by atoms with Crippen LogP contribution in [-0.4, -0.2) is 17.1 Å². The van der Waals surface area contributed by atoms with Crippen molar-refractivity contribution in [2.75, 3.05) is 6.61 Å². The van der Waals surface area contributed by atoms with Crippen molar-refractivity contribution in [3.05, 3.63) is 77.4 Å². The normalized spacial score (nSPS) is 11.2. The second kappa shape index (κ2) is 6.80. The van der Waals surface area contributed by atoms with Gasteiger partial charge in [-0.05, 0) is 43.7 Å². The summed E-state index contributed by atoms with van der Waals surface area (Å²) < 4.78 is 8.05. The number of rotatable bonds is 5. The number of carbonyl (C=O) groups excluding carboxylic acids is 1. The summed E-state index contributed by atoms with van der Waals surface area (Å²) in [6, 6.07) is 20.1. The predicted molar refractivity (Wildman–Crippen MR) is 109 cm³/mol. The van der Waals surface area contributed by atoms with Gasteiger partial charge in [0.15, 0.2) is 0 Å². The zero-order valence-corrected chi connectivity index (χ0v) is 15.5. The zero-order chi connectivity index (χ0) is 19.0. The highest BCUT2D eigenvalue weighted by Gasteiger charge is 2.17. The molecule has 3 aromatic carbocycles. The molecule has 0 atom stereocenters. The summed E-state index contributed by atoms with van der Waals surface area (Å²) in [5.74, 6) is 0.476. The summed E-state index contributed by atoms with van der Waals surface area (Å²) in [6.45, 7) is 5.33. The van der Waals surface area contributed by atoms with Gasteiger partial charge in [0, 0.05) is 27.4 Å².